The van der Waals surface area contributed by atoms with Crippen LogP contribution < -0.4 is 10.5 Å². The minimum absolute atomic E-state index is 0.287. The van der Waals surface area contributed by atoms with Crippen LogP contribution in [0.15, 0.2) is 30.3 Å². The fourth-order valence-corrected chi connectivity index (χ4v) is 3.71. The average molecular weight is 330 g/mol. The molecule has 1 fully saturated rings. The zero-order valence-corrected chi connectivity index (χ0v) is 13.1. The molecule has 2 aromatic rings. The molecule has 0 aliphatic heterocycles. The van der Waals surface area contributed by atoms with Crippen LogP contribution in [0.4, 0.5) is 4.39 Å². The van der Waals surface area contributed by atoms with Gasteiger partial charge in [-0.15, -0.1) is 11.3 Å². The fraction of sp³-hybridized carbons (Fsp3) is 0.294. The lowest BCUT2D eigenvalue weighted by Crippen LogP contribution is -2.32. The van der Waals surface area contributed by atoms with Crippen molar-refractivity contribution in [2.45, 2.75) is 25.4 Å². The molecule has 1 saturated carbocycles. The number of amides is 1. The lowest BCUT2D eigenvalue weighted by atomic mass is 10.1. The van der Waals surface area contributed by atoms with Crippen molar-refractivity contribution in [3.05, 3.63) is 41.0 Å². The van der Waals surface area contributed by atoms with Gasteiger partial charge in [0.15, 0.2) is 0 Å². The van der Waals surface area contributed by atoms with Gasteiger partial charge < -0.3 is 10.5 Å². The second-order valence-electron chi connectivity index (χ2n) is 5.51. The number of nitrogens with two attached hydrogens (primary N) is 1. The maximum absolute atomic E-state index is 14.3. The Balaban J connectivity index is 1.79. The van der Waals surface area contributed by atoms with Crippen molar-refractivity contribution in [1.82, 2.24) is 0 Å². The molecule has 0 saturated heterocycles. The molecular weight excluding hydrogens is 315 g/mol. The number of nitriles is 1. The molecule has 1 aliphatic rings. The van der Waals surface area contributed by atoms with Crippen molar-refractivity contribution in [3.63, 3.8) is 0 Å². The highest BCUT2D eigenvalue weighted by atomic mass is 32.1. The Morgan fingerprint density at radius 3 is 2.83 bits per heavy atom. The first kappa shape index (κ1) is 15.5. The second-order valence-corrected chi connectivity index (χ2v) is 6.60. The third-order valence-corrected chi connectivity index (χ3v) is 5.05. The number of carbonyl (C=O) groups is 1. The summed E-state index contributed by atoms with van der Waals surface area (Å²) in [5.74, 6) is -0.704. The highest BCUT2D eigenvalue weighted by molar-refractivity contribution is 7.16. The van der Waals surface area contributed by atoms with Crippen LogP contribution in [-0.2, 0) is 4.79 Å². The van der Waals surface area contributed by atoms with Gasteiger partial charge >= 0.3 is 0 Å². The molecule has 1 heterocycles. The quantitative estimate of drug-likeness (QED) is 0.932. The molecule has 2 N–H and O–H groups in total. The first-order chi connectivity index (χ1) is 11.1. The van der Waals surface area contributed by atoms with Crippen molar-refractivity contribution < 1.29 is 13.9 Å². The van der Waals surface area contributed by atoms with Crippen LogP contribution >= 0.6 is 11.3 Å². The predicted molar refractivity (Wildman–Crippen MR) is 85.4 cm³/mol. The van der Waals surface area contributed by atoms with E-state index in [1.54, 1.807) is 24.3 Å². The summed E-state index contributed by atoms with van der Waals surface area (Å²) in [4.78, 5) is 12.6. The monoisotopic (exact) mass is 330 g/mol. The van der Waals surface area contributed by atoms with Gasteiger partial charge in [0.1, 0.15) is 28.6 Å². The zero-order valence-electron chi connectivity index (χ0n) is 12.3. The van der Waals surface area contributed by atoms with Crippen molar-refractivity contribution >= 4 is 17.2 Å². The van der Waals surface area contributed by atoms with Gasteiger partial charge in [0.25, 0.3) is 0 Å². The molecule has 1 aromatic carbocycles. The summed E-state index contributed by atoms with van der Waals surface area (Å²) in [6, 6.07) is 10.1. The number of thiophene rings is 1. The molecule has 6 heteroatoms. The summed E-state index contributed by atoms with van der Waals surface area (Å²) < 4.78 is 20.1. The van der Waals surface area contributed by atoms with Crippen LogP contribution in [0.2, 0.25) is 0 Å². The van der Waals surface area contributed by atoms with Gasteiger partial charge in [-0.3, -0.25) is 4.79 Å². The fourth-order valence-electron chi connectivity index (χ4n) is 2.88. The van der Waals surface area contributed by atoms with Crippen LogP contribution in [0.5, 0.6) is 5.75 Å². The molecular formula is C17H15FN2O2S. The molecule has 118 valence electrons. The molecule has 1 aromatic heterocycles. The Hall–Kier alpha value is -2.39. The topological polar surface area (TPSA) is 76.1 Å². The van der Waals surface area contributed by atoms with E-state index < -0.39 is 5.82 Å². The van der Waals surface area contributed by atoms with Gasteiger partial charge in [0.05, 0.1) is 5.92 Å². The Kier molecular flexibility index (Phi) is 4.30. The number of ether oxygens (including phenoxy) is 1. The highest BCUT2D eigenvalue weighted by Gasteiger charge is 2.33. The third kappa shape index (κ3) is 3.20. The van der Waals surface area contributed by atoms with E-state index in [0.29, 0.717) is 27.5 Å². The molecule has 0 bridgehead atoms. The summed E-state index contributed by atoms with van der Waals surface area (Å²) in [5, 5.41) is 8.85. The number of primary amides is 1. The van der Waals surface area contributed by atoms with E-state index in [1.165, 1.54) is 17.4 Å². The number of halogens is 1. The molecule has 2 atom stereocenters. The lowest BCUT2D eigenvalue weighted by Gasteiger charge is -2.19. The largest absolute Gasteiger partial charge is 0.489 e. The number of nitrogens with zero attached hydrogens (tertiary/aromatic N) is 1. The zero-order chi connectivity index (χ0) is 16.4. The maximum atomic E-state index is 14.3. The Morgan fingerprint density at radius 2 is 2.17 bits per heavy atom. The molecule has 4 nitrogen and oxygen atoms in total. The molecule has 23 heavy (non-hydrogen) atoms. The van der Waals surface area contributed by atoms with E-state index in [0.717, 1.165) is 12.8 Å². The van der Waals surface area contributed by atoms with E-state index in [-0.39, 0.29) is 17.9 Å². The molecule has 0 unspecified atom stereocenters. The highest BCUT2D eigenvalue weighted by Crippen LogP contribution is 2.34. The summed E-state index contributed by atoms with van der Waals surface area (Å²) >= 11 is 1.24. The van der Waals surface area contributed by atoms with Gasteiger partial charge in [0, 0.05) is 16.5 Å². The van der Waals surface area contributed by atoms with Crippen molar-refractivity contribution in [1.29, 1.82) is 5.26 Å². The van der Waals surface area contributed by atoms with E-state index in [9.17, 15) is 9.18 Å². The van der Waals surface area contributed by atoms with E-state index in [1.807, 2.05) is 6.07 Å². The minimum atomic E-state index is -0.414. The Labute approximate surface area is 137 Å². The molecule has 3 rings (SSSR count). The van der Waals surface area contributed by atoms with Gasteiger partial charge in [-0.25, -0.2) is 4.39 Å². The van der Waals surface area contributed by atoms with E-state index in [2.05, 4.69) is 0 Å². The van der Waals surface area contributed by atoms with Crippen molar-refractivity contribution in [2.24, 2.45) is 11.7 Å². The molecule has 0 spiro atoms. The number of hydrogen-bond acceptors (Lipinski definition) is 4. The molecule has 0 radical (unpaired) electrons. The van der Waals surface area contributed by atoms with Crippen LogP contribution in [0.1, 0.15) is 24.1 Å². The minimum Gasteiger partial charge on any atom is -0.489 e. The van der Waals surface area contributed by atoms with Crippen molar-refractivity contribution in [2.75, 3.05) is 0 Å². The first-order valence-corrected chi connectivity index (χ1v) is 8.16. The number of rotatable bonds is 4. The second kappa shape index (κ2) is 6.39. The van der Waals surface area contributed by atoms with Gasteiger partial charge in [-0.2, -0.15) is 5.26 Å². The van der Waals surface area contributed by atoms with E-state index >= 15 is 0 Å². The number of carbonyl (C=O) groups excluding carboxylic acids is 1. The summed E-state index contributed by atoms with van der Waals surface area (Å²) in [5.41, 5.74) is 5.80. The standard InChI is InChI=1S/C17H15FN2O2S/c18-14-8-10(22-15-3-1-2-13(15)17(20)21)4-6-12(14)16-7-5-11(9-19)23-16/h4-8,13,15H,1-3H2,(H2,20,21)/t13-,15+/m0/s1. The number of benzene rings is 1. The van der Waals surface area contributed by atoms with Gasteiger partial charge in [0.2, 0.25) is 5.91 Å². The summed E-state index contributed by atoms with van der Waals surface area (Å²) in [6.07, 6.45) is 2.05. The lowest BCUT2D eigenvalue weighted by molar-refractivity contribution is -0.123. The van der Waals surface area contributed by atoms with Crippen molar-refractivity contribution in [3.8, 4) is 22.3 Å². The predicted octanol–water partition coefficient (Wildman–Crippen LogP) is 3.46. The Morgan fingerprint density at radius 1 is 1.35 bits per heavy atom. The van der Waals surface area contributed by atoms with E-state index in [4.69, 9.17) is 15.7 Å². The first-order valence-electron chi connectivity index (χ1n) is 7.34. The van der Waals surface area contributed by atoms with Crippen LogP contribution in [0, 0.1) is 23.1 Å². The van der Waals surface area contributed by atoms with Crippen LogP contribution in [0.25, 0.3) is 10.4 Å². The molecule has 1 aliphatic carbocycles. The van der Waals surface area contributed by atoms with Crippen LogP contribution in [-0.4, -0.2) is 12.0 Å². The Bertz CT molecular complexity index is 781. The summed E-state index contributed by atoms with van der Waals surface area (Å²) in [6.45, 7) is 0. The van der Waals surface area contributed by atoms with Crippen LogP contribution in [0.3, 0.4) is 0 Å². The maximum Gasteiger partial charge on any atom is 0.224 e. The normalized spacial score (nSPS) is 20.2. The van der Waals surface area contributed by atoms with Gasteiger partial charge in [-0.1, -0.05) is 0 Å². The summed E-state index contributed by atoms with van der Waals surface area (Å²) in [7, 11) is 0. The SMILES string of the molecule is N#Cc1ccc(-c2ccc(O[C@@H]3CCC[C@@H]3C(N)=O)cc2F)s1. The number of hydrogen-bond donors (Lipinski definition) is 1. The van der Waals surface area contributed by atoms with Gasteiger partial charge in [-0.05, 0) is 43.5 Å². The average Bonchev–Trinajstić information content (AvgIpc) is 3.16. The molecule has 1 amide bonds. The third-order valence-electron chi connectivity index (χ3n) is 4.03. The smallest absolute Gasteiger partial charge is 0.224 e.